The van der Waals surface area contributed by atoms with E-state index in [1.54, 1.807) is 31.8 Å². The van der Waals surface area contributed by atoms with E-state index < -0.39 is 10.0 Å². The highest BCUT2D eigenvalue weighted by Gasteiger charge is 2.32. The van der Waals surface area contributed by atoms with Gasteiger partial charge >= 0.3 is 0 Å². The smallest absolute Gasteiger partial charge is 0.268 e. The van der Waals surface area contributed by atoms with Gasteiger partial charge in [-0.05, 0) is 49.4 Å². The van der Waals surface area contributed by atoms with E-state index in [9.17, 15) is 13.2 Å². The summed E-state index contributed by atoms with van der Waals surface area (Å²) >= 11 is 0. The molecule has 0 atom stereocenters. The molecular formula is C24H30N4O4S. The molecule has 0 radical (unpaired) electrons. The molecule has 1 aliphatic rings. The van der Waals surface area contributed by atoms with Crippen molar-refractivity contribution < 1.29 is 17.9 Å². The number of benzene rings is 1. The van der Waals surface area contributed by atoms with Crippen molar-refractivity contribution in [3.05, 3.63) is 53.5 Å². The Morgan fingerprint density at radius 2 is 1.97 bits per heavy atom. The molecule has 0 aliphatic carbocycles. The summed E-state index contributed by atoms with van der Waals surface area (Å²) in [5.74, 6) is 0.863. The van der Waals surface area contributed by atoms with Crippen molar-refractivity contribution in [2.45, 2.75) is 38.1 Å². The lowest BCUT2D eigenvalue weighted by molar-refractivity contribution is 0.0942. The molecule has 8 nitrogen and oxygen atoms in total. The molecule has 0 bridgehead atoms. The zero-order chi connectivity index (χ0) is 23.8. The molecular weight excluding hydrogens is 440 g/mol. The predicted octanol–water partition coefficient (Wildman–Crippen LogP) is 3.24. The van der Waals surface area contributed by atoms with Gasteiger partial charge in [0.05, 0.1) is 7.11 Å². The molecule has 1 saturated heterocycles. The summed E-state index contributed by atoms with van der Waals surface area (Å²) < 4.78 is 35.1. The topological polar surface area (TPSA) is 93.5 Å². The summed E-state index contributed by atoms with van der Waals surface area (Å²) in [4.78, 5) is 17.6. The lowest BCUT2D eigenvalue weighted by atomic mass is 10.0. The third kappa shape index (κ3) is 4.35. The average Bonchev–Trinajstić information content (AvgIpc) is 3.12. The first kappa shape index (κ1) is 23.3. The average molecular weight is 471 g/mol. The molecule has 9 heteroatoms. The standard InChI is InChI=1S/C24H30N4O4S/c1-16-9-12-28(13-10-16)33(30,31)22-14-20(27(3)17(22)2)24(29)26-15-18-7-8-21(32-4)23-19(18)6-5-11-25-23/h5-8,11,14,16H,9-10,12-13,15H2,1-4H3,(H,26,29). The monoisotopic (exact) mass is 470 g/mol. The van der Waals surface area contributed by atoms with Crippen LogP contribution < -0.4 is 10.1 Å². The number of rotatable bonds is 6. The molecule has 3 aromatic rings. The highest BCUT2D eigenvalue weighted by Crippen LogP contribution is 2.28. The van der Waals surface area contributed by atoms with Crippen molar-refractivity contribution >= 4 is 26.8 Å². The van der Waals surface area contributed by atoms with Crippen LogP contribution >= 0.6 is 0 Å². The fourth-order valence-electron chi connectivity index (χ4n) is 4.31. The van der Waals surface area contributed by atoms with Crippen molar-refractivity contribution in [2.24, 2.45) is 13.0 Å². The minimum Gasteiger partial charge on any atom is -0.494 e. The molecule has 1 amide bonds. The number of sulfonamides is 1. The molecule has 1 aliphatic heterocycles. The van der Waals surface area contributed by atoms with Gasteiger partial charge in [0, 0.05) is 44.0 Å². The van der Waals surface area contributed by atoms with Gasteiger partial charge in [-0.15, -0.1) is 0 Å². The number of fused-ring (bicyclic) bond motifs is 1. The number of carbonyl (C=O) groups is 1. The van der Waals surface area contributed by atoms with E-state index in [1.807, 2.05) is 24.3 Å². The SMILES string of the molecule is COc1ccc(CNC(=O)c2cc(S(=O)(=O)N3CCC(C)CC3)c(C)n2C)c2cccnc12. The number of hydrogen-bond acceptors (Lipinski definition) is 5. The fraction of sp³-hybridized carbons (Fsp3) is 0.417. The van der Waals surface area contributed by atoms with Crippen LogP contribution in [-0.4, -0.2) is 48.4 Å². The van der Waals surface area contributed by atoms with Crippen molar-refractivity contribution in [1.82, 2.24) is 19.2 Å². The van der Waals surface area contributed by atoms with Gasteiger partial charge in [-0.2, -0.15) is 4.31 Å². The van der Waals surface area contributed by atoms with Crippen molar-refractivity contribution in [2.75, 3.05) is 20.2 Å². The van der Waals surface area contributed by atoms with Crippen LogP contribution in [0.3, 0.4) is 0 Å². The maximum Gasteiger partial charge on any atom is 0.268 e. The second kappa shape index (κ2) is 9.15. The van der Waals surface area contributed by atoms with Crippen molar-refractivity contribution in [3.8, 4) is 5.75 Å². The molecule has 3 heterocycles. The molecule has 4 rings (SSSR count). The number of nitrogens with zero attached hydrogens (tertiary/aromatic N) is 3. The largest absolute Gasteiger partial charge is 0.494 e. The number of ether oxygens (including phenoxy) is 1. The highest BCUT2D eigenvalue weighted by molar-refractivity contribution is 7.89. The summed E-state index contributed by atoms with van der Waals surface area (Å²) in [7, 11) is -0.332. The number of piperidine rings is 1. The Morgan fingerprint density at radius 1 is 1.24 bits per heavy atom. The van der Waals surface area contributed by atoms with Gasteiger partial charge in [-0.25, -0.2) is 8.42 Å². The maximum atomic E-state index is 13.3. The summed E-state index contributed by atoms with van der Waals surface area (Å²) in [6.45, 7) is 5.18. The lowest BCUT2D eigenvalue weighted by Crippen LogP contribution is -2.38. The first-order valence-corrected chi connectivity index (χ1v) is 12.5. The minimum absolute atomic E-state index is 0.198. The normalized spacial score (nSPS) is 15.6. The van der Waals surface area contributed by atoms with E-state index in [4.69, 9.17) is 4.74 Å². The second-order valence-corrected chi connectivity index (χ2v) is 10.5. The second-order valence-electron chi connectivity index (χ2n) is 8.63. The molecule has 0 saturated carbocycles. The van der Waals surface area contributed by atoms with Crippen molar-refractivity contribution in [1.29, 1.82) is 0 Å². The predicted molar refractivity (Wildman–Crippen MR) is 127 cm³/mol. The van der Waals surface area contributed by atoms with Gasteiger partial charge in [0.15, 0.2) is 0 Å². The number of aromatic nitrogens is 2. The van der Waals surface area contributed by atoms with E-state index in [2.05, 4.69) is 17.2 Å². The summed E-state index contributed by atoms with van der Waals surface area (Å²) in [5, 5.41) is 3.82. The first-order valence-electron chi connectivity index (χ1n) is 11.1. The van der Waals surface area contributed by atoms with Crippen molar-refractivity contribution in [3.63, 3.8) is 0 Å². The zero-order valence-electron chi connectivity index (χ0n) is 19.5. The summed E-state index contributed by atoms with van der Waals surface area (Å²) in [6, 6.07) is 8.99. The Morgan fingerprint density at radius 3 is 2.67 bits per heavy atom. The Kier molecular flexibility index (Phi) is 6.45. The van der Waals surface area contributed by atoms with Gasteiger partial charge in [-0.1, -0.05) is 19.1 Å². The van der Waals surface area contributed by atoms with Gasteiger partial charge in [0.2, 0.25) is 10.0 Å². The molecule has 33 heavy (non-hydrogen) atoms. The van der Waals surface area contributed by atoms with Crippen LogP contribution in [0.15, 0.2) is 41.4 Å². The van der Waals surface area contributed by atoms with Crippen LogP contribution in [0.25, 0.3) is 10.9 Å². The van der Waals surface area contributed by atoms with Crippen LogP contribution in [0.5, 0.6) is 5.75 Å². The number of amides is 1. The third-order valence-corrected chi connectivity index (χ3v) is 8.58. The minimum atomic E-state index is -3.64. The quantitative estimate of drug-likeness (QED) is 0.597. The van der Waals surface area contributed by atoms with E-state index >= 15 is 0 Å². The van der Waals surface area contributed by atoms with Crippen LogP contribution in [0.2, 0.25) is 0 Å². The molecule has 0 unspecified atom stereocenters. The highest BCUT2D eigenvalue weighted by atomic mass is 32.2. The van der Waals surface area contributed by atoms with E-state index in [1.165, 1.54) is 10.4 Å². The molecule has 1 aromatic carbocycles. The van der Waals surface area contributed by atoms with E-state index in [0.717, 1.165) is 29.3 Å². The summed E-state index contributed by atoms with van der Waals surface area (Å²) in [6.07, 6.45) is 3.40. The maximum absolute atomic E-state index is 13.3. The number of carbonyl (C=O) groups excluding carboxylic acids is 1. The number of methoxy groups -OCH3 is 1. The number of hydrogen-bond donors (Lipinski definition) is 1. The van der Waals surface area contributed by atoms with E-state index in [-0.39, 0.29) is 17.3 Å². The Bertz CT molecular complexity index is 1290. The molecule has 0 spiro atoms. The number of pyridine rings is 1. The Balaban J connectivity index is 1.56. The van der Waals surface area contributed by atoms with Crippen LogP contribution in [0.4, 0.5) is 0 Å². The molecule has 1 N–H and O–H groups in total. The van der Waals surface area contributed by atoms with Gasteiger partial charge in [0.25, 0.3) is 5.91 Å². The van der Waals surface area contributed by atoms with Gasteiger partial charge in [-0.3, -0.25) is 9.78 Å². The molecule has 2 aromatic heterocycles. The van der Waals surface area contributed by atoms with Crippen LogP contribution in [-0.2, 0) is 23.6 Å². The first-order chi connectivity index (χ1) is 15.7. The summed E-state index contributed by atoms with van der Waals surface area (Å²) in [5.41, 5.74) is 2.49. The van der Waals surface area contributed by atoms with Crippen LogP contribution in [0.1, 0.15) is 41.5 Å². The van der Waals surface area contributed by atoms with Crippen LogP contribution in [0, 0.1) is 12.8 Å². The van der Waals surface area contributed by atoms with Gasteiger partial charge in [0.1, 0.15) is 21.9 Å². The number of nitrogens with one attached hydrogen (secondary N) is 1. The zero-order valence-corrected chi connectivity index (χ0v) is 20.3. The Hall–Kier alpha value is -2.91. The van der Waals surface area contributed by atoms with Gasteiger partial charge < -0.3 is 14.6 Å². The third-order valence-electron chi connectivity index (χ3n) is 6.56. The van der Waals surface area contributed by atoms with E-state index in [0.29, 0.717) is 36.1 Å². The molecule has 1 fully saturated rings. The Labute approximate surface area is 194 Å². The lowest BCUT2D eigenvalue weighted by Gasteiger charge is -2.29. The molecule has 176 valence electrons. The fourth-order valence-corrected chi connectivity index (χ4v) is 6.05.